The molecule has 0 aliphatic heterocycles. The molecule has 0 aliphatic carbocycles. The number of hydrogen-bond donors (Lipinski definition) is 3. The van der Waals surface area contributed by atoms with Crippen molar-refractivity contribution in [1.82, 2.24) is 15.6 Å². The van der Waals surface area contributed by atoms with Gasteiger partial charge in [0.2, 0.25) is 5.88 Å². The molecule has 0 radical (unpaired) electrons. The Balaban J connectivity index is 1.93. The molecular weight excluding hydrogens is 380 g/mol. The zero-order valence-electron chi connectivity index (χ0n) is 18.4. The zero-order valence-corrected chi connectivity index (χ0v) is 18.4. The predicted octanol–water partition coefficient (Wildman–Crippen LogP) is 3.45. The maximum atomic E-state index is 10.6. The Morgan fingerprint density at radius 2 is 2.00 bits per heavy atom. The molecule has 30 heavy (non-hydrogen) atoms. The topological polar surface area (TPSA) is 88.0 Å². The molecule has 3 N–H and O–H groups in total. The van der Waals surface area contributed by atoms with Crippen LogP contribution in [-0.4, -0.2) is 41.9 Å². The lowest BCUT2D eigenvalue weighted by Crippen LogP contribution is -2.39. The predicted molar refractivity (Wildman–Crippen MR) is 120 cm³/mol. The number of nitrogens with one attached hydrogen (secondary N) is 2. The Kier molecular flexibility index (Phi) is 9.94. The lowest BCUT2D eigenvalue weighted by Gasteiger charge is -2.17. The second kappa shape index (κ2) is 12.7. The molecule has 1 heterocycles. The molecule has 7 nitrogen and oxygen atoms in total. The van der Waals surface area contributed by atoms with Crippen molar-refractivity contribution in [3.05, 3.63) is 53.7 Å². The van der Waals surface area contributed by atoms with E-state index in [9.17, 15) is 5.11 Å². The zero-order chi connectivity index (χ0) is 21.8. The summed E-state index contributed by atoms with van der Waals surface area (Å²) in [5, 5.41) is 16.9. The molecule has 0 amide bonds. The highest BCUT2D eigenvalue weighted by molar-refractivity contribution is 5.79. The van der Waals surface area contributed by atoms with Crippen molar-refractivity contribution in [3.63, 3.8) is 0 Å². The first kappa shape index (κ1) is 23.5. The van der Waals surface area contributed by atoms with Crippen LogP contribution in [-0.2, 0) is 6.54 Å². The summed E-state index contributed by atoms with van der Waals surface area (Å²) in [7, 11) is 0. The van der Waals surface area contributed by atoms with Crippen LogP contribution in [0.15, 0.2) is 47.6 Å². The van der Waals surface area contributed by atoms with E-state index in [4.69, 9.17) is 9.47 Å². The quantitative estimate of drug-likeness (QED) is 0.386. The Morgan fingerprint density at radius 3 is 2.67 bits per heavy atom. The van der Waals surface area contributed by atoms with E-state index in [1.165, 1.54) is 0 Å². The van der Waals surface area contributed by atoms with E-state index in [0.29, 0.717) is 31.5 Å². The van der Waals surface area contributed by atoms with Crippen LogP contribution in [0.2, 0.25) is 0 Å². The van der Waals surface area contributed by atoms with Gasteiger partial charge < -0.3 is 25.2 Å². The summed E-state index contributed by atoms with van der Waals surface area (Å²) in [6.45, 7) is 10.2. The number of nitrogens with zero attached hydrogens (tertiary/aromatic N) is 2. The van der Waals surface area contributed by atoms with Gasteiger partial charge in [-0.2, -0.15) is 0 Å². The molecule has 0 spiro atoms. The second-order valence-corrected chi connectivity index (χ2v) is 7.18. The van der Waals surface area contributed by atoms with Gasteiger partial charge in [-0.1, -0.05) is 25.1 Å². The number of aromatic nitrogens is 1. The summed E-state index contributed by atoms with van der Waals surface area (Å²) in [5.41, 5.74) is 1.78. The van der Waals surface area contributed by atoms with Gasteiger partial charge in [-0.3, -0.25) is 0 Å². The van der Waals surface area contributed by atoms with Crippen LogP contribution >= 0.6 is 0 Å². The van der Waals surface area contributed by atoms with E-state index in [1.807, 2.05) is 57.2 Å². The van der Waals surface area contributed by atoms with E-state index in [0.717, 1.165) is 29.8 Å². The highest BCUT2D eigenvalue weighted by Gasteiger charge is 2.10. The molecular formula is C23H34N4O3. The molecule has 1 aromatic heterocycles. The van der Waals surface area contributed by atoms with E-state index in [1.54, 1.807) is 6.20 Å². The third-order valence-corrected chi connectivity index (χ3v) is 4.09. The molecule has 1 aromatic carbocycles. The van der Waals surface area contributed by atoms with Crippen molar-refractivity contribution in [2.75, 3.05) is 19.7 Å². The normalized spacial score (nSPS) is 12.5. The molecule has 0 fully saturated rings. The molecule has 2 aromatic rings. The number of ether oxygens (including phenoxy) is 2. The minimum atomic E-state index is -0.679. The minimum Gasteiger partial charge on any atom is -0.491 e. The van der Waals surface area contributed by atoms with Crippen LogP contribution in [0.3, 0.4) is 0 Å². The number of aliphatic hydroxyl groups excluding tert-OH is 1. The Hall–Kier alpha value is -2.80. The summed E-state index contributed by atoms with van der Waals surface area (Å²) in [6.07, 6.45) is 2.13. The van der Waals surface area contributed by atoms with Gasteiger partial charge in [0.15, 0.2) is 5.96 Å². The number of aliphatic imine (C=N–C) groups is 1. The largest absolute Gasteiger partial charge is 0.491 e. The maximum absolute atomic E-state index is 10.6. The van der Waals surface area contributed by atoms with Crippen molar-refractivity contribution in [2.45, 2.75) is 52.9 Å². The molecule has 0 saturated heterocycles. The van der Waals surface area contributed by atoms with Crippen molar-refractivity contribution in [1.29, 1.82) is 0 Å². The number of guanidine groups is 1. The third kappa shape index (κ3) is 8.29. The Bertz CT molecular complexity index is 778. The monoisotopic (exact) mass is 414 g/mol. The van der Waals surface area contributed by atoms with Gasteiger partial charge in [0.05, 0.1) is 25.4 Å². The fourth-order valence-electron chi connectivity index (χ4n) is 2.69. The molecule has 0 aliphatic rings. The summed E-state index contributed by atoms with van der Waals surface area (Å²) in [4.78, 5) is 8.87. The summed E-state index contributed by atoms with van der Waals surface area (Å²) in [6, 6.07) is 11.3. The summed E-state index contributed by atoms with van der Waals surface area (Å²) in [5.74, 6) is 2.01. The molecule has 1 atom stereocenters. The van der Waals surface area contributed by atoms with Gasteiger partial charge >= 0.3 is 0 Å². The number of benzene rings is 1. The lowest BCUT2D eigenvalue weighted by molar-refractivity contribution is 0.179. The molecule has 0 saturated carbocycles. The fraction of sp³-hybridized carbons (Fsp3) is 0.478. The van der Waals surface area contributed by atoms with Crippen molar-refractivity contribution >= 4 is 5.96 Å². The average Bonchev–Trinajstić information content (AvgIpc) is 2.74. The first-order valence-corrected chi connectivity index (χ1v) is 10.6. The fourth-order valence-corrected chi connectivity index (χ4v) is 2.69. The van der Waals surface area contributed by atoms with E-state index in [-0.39, 0.29) is 6.10 Å². The average molecular weight is 415 g/mol. The molecule has 1 unspecified atom stereocenters. The van der Waals surface area contributed by atoms with Crippen LogP contribution in [0.1, 0.15) is 51.3 Å². The minimum absolute atomic E-state index is 0.0878. The van der Waals surface area contributed by atoms with Crippen LogP contribution < -0.4 is 20.1 Å². The van der Waals surface area contributed by atoms with E-state index < -0.39 is 6.10 Å². The SMILES string of the molecule is CCCOc1ccc(CN=C(NCC)NCC(O)c2cccc(OC(C)C)c2)cn1. The molecule has 7 heteroatoms. The van der Waals surface area contributed by atoms with Crippen molar-refractivity contribution in [2.24, 2.45) is 4.99 Å². The van der Waals surface area contributed by atoms with Crippen LogP contribution in [0.5, 0.6) is 11.6 Å². The summed E-state index contributed by atoms with van der Waals surface area (Å²) >= 11 is 0. The first-order valence-electron chi connectivity index (χ1n) is 10.6. The Labute approximate surface area is 179 Å². The number of hydrogen-bond acceptors (Lipinski definition) is 5. The van der Waals surface area contributed by atoms with Crippen molar-refractivity contribution < 1.29 is 14.6 Å². The number of pyridine rings is 1. The molecule has 2 rings (SSSR count). The summed E-state index contributed by atoms with van der Waals surface area (Å²) < 4.78 is 11.2. The Morgan fingerprint density at radius 1 is 1.17 bits per heavy atom. The molecule has 0 bridgehead atoms. The lowest BCUT2D eigenvalue weighted by atomic mass is 10.1. The highest BCUT2D eigenvalue weighted by Crippen LogP contribution is 2.20. The highest BCUT2D eigenvalue weighted by atomic mass is 16.5. The maximum Gasteiger partial charge on any atom is 0.213 e. The first-order chi connectivity index (χ1) is 14.5. The van der Waals surface area contributed by atoms with Crippen LogP contribution in [0, 0.1) is 0 Å². The van der Waals surface area contributed by atoms with Crippen LogP contribution in [0.4, 0.5) is 0 Å². The van der Waals surface area contributed by atoms with Gasteiger partial charge in [-0.05, 0) is 50.5 Å². The number of rotatable bonds is 11. The van der Waals surface area contributed by atoms with Crippen molar-refractivity contribution in [3.8, 4) is 11.6 Å². The van der Waals surface area contributed by atoms with E-state index in [2.05, 4.69) is 27.5 Å². The van der Waals surface area contributed by atoms with Gasteiger partial charge in [0.25, 0.3) is 0 Å². The van der Waals surface area contributed by atoms with Gasteiger partial charge in [-0.25, -0.2) is 9.98 Å². The second-order valence-electron chi connectivity index (χ2n) is 7.18. The van der Waals surface area contributed by atoms with Gasteiger partial charge in [0, 0.05) is 25.4 Å². The molecule has 164 valence electrons. The third-order valence-electron chi connectivity index (χ3n) is 4.09. The standard InChI is InChI=1S/C23H34N4O3/c1-5-12-29-22-11-10-18(14-25-22)15-26-23(24-6-2)27-16-21(28)19-8-7-9-20(13-19)30-17(3)4/h7-11,13-14,17,21,28H,5-6,12,15-16H2,1-4H3,(H2,24,26,27). The van der Waals surface area contributed by atoms with Gasteiger partial charge in [0.1, 0.15) is 5.75 Å². The van der Waals surface area contributed by atoms with Gasteiger partial charge in [-0.15, -0.1) is 0 Å². The number of aliphatic hydroxyl groups is 1. The van der Waals surface area contributed by atoms with E-state index >= 15 is 0 Å². The van der Waals surface area contributed by atoms with Crippen LogP contribution in [0.25, 0.3) is 0 Å². The smallest absolute Gasteiger partial charge is 0.213 e.